The number of hydrogen-bond acceptors (Lipinski definition) is 3. The smallest absolute Gasteiger partial charge is 0.370 e. The molecule has 0 radical (unpaired) electrons. The van der Waals surface area contributed by atoms with E-state index in [2.05, 4.69) is 0 Å². The molecule has 2 aromatic rings. The molecule has 160 valence electrons. The van der Waals surface area contributed by atoms with Crippen molar-refractivity contribution in [2.45, 2.75) is 24.9 Å². The number of likely N-dealkylation sites (tertiary alicyclic amines) is 1. The van der Waals surface area contributed by atoms with Gasteiger partial charge in [-0.2, -0.15) is 13.2 Å². The van der Waals surface area contributed by atoms with E-state index in [9.17, 15) is 22.8 Å². The van der Waals surface area contributed by atoms with Gasteiger partial charge in [0, 0.05) is 31.9 Å². The Hall–Kier alpha value is -3.30. The van der Waals surface area contributed by atoms with E-state index in [1.807, 2.05) is 5.32 Å². The van der Waals surface area contributed by atoms with E-state index in [0.717, 1.165) is 6.07 Å². The largest absolute Gasteiger partial charge is 0.416 e. The van der Waals surface area contributed by atoms with Crippen LogP contribution in [-0.2, 0) is 13.2 Å². The molecule has 1 aliphatic heterocycles. The number of nitrogens with zero attached hydrogens (tertiary/aromatic N) is 2. The quantitative estimate of drug-likeness (QED) is 0.524. The summed E-state index contributed by atoms with van der Waals surface area (Å²) in [5.41, 5.74) is 4.61. The lowest BCUT2D eigenvalue weighted by molar-refractivity contribution is -0.138. The maximum absolute atomic E-state index is 13.7. The first kappa shape index (κ1) is 21.4. The number of rotatable bonds is 3. The molecule has 0 atom stereocenters. The van der Waals surface area contributed by atoms with Crippen molar-refractivity contribution in [1.82, 2.24) is 14.8 Å². The molecule has 2 heterocycles. The number of benzene rings is 1. The van der Waals surface area contributed by atoms with Crippen molar-refractivity contribution in [1.29, 1.82) is 5.41 Å². The summed E-state index contributed by atoms with van der Waals surface area (Å²) in [5.74, 6) is -2.05. The number of piperidine rings is 1. The van der Waals surface area contributed by atoms with Gasteiger partial charge in [-0.3, -0.25) is 20.3 Å². The monoisotopic (exact) mass is 421 g/mol. The zero-order chi connectivity index (χ0) is 22.1. The molecule has 1 aromatic heterocycles. The first-order valence-corrected chi connectivity index (χ1v) is 9.35. The van der Waals surface area contributed by atoms with Gasteiger partial charge in [-0.1, -0.05) is 6.07 Å². The predicted octanol–water partition coefficient (Wildman–Crippen LogP) is 2.69. The van der Waals surface area contributed by atoms with Gasteiger partial charge in [0.05, 0.1) is 5.56 Å². The highest BCUT2D eigenvalue weighted by Crippen LogP contribution is 2.39. The first-order chi connectivity index (χ1) is 14.1. The molecule has 0 saturated carbocycles. The summed E-state index contributed by atoms with van der Waals surface area (Å²) in [4.78, 5) is 26.2. The minimum atomic E-state index is -4.64. The second-order valence-electron chi connectivity index (χ2n) is 7.24. The van der Waals surface area contributed by atoms with Crippen molar-refractivity contribution >= 4 is 17.8 Å². The van der Waals surface area contributed by atoms with E-state index in [1.54, 1.807) is 34.8 Å². The van der Waals surface area contributed by atoms with Gasteiger partial charge in [-0.05, 0) is 48.6 Å². The van der Waals surface area contributed by atoms with Crippen LogP contribution in [0, 0.1) is 5.41 Å². The van der Waals surface area contributed by atoms with Gasteiger partial charge in [0.15, 0.2) is 5.96 Å². The Morgan fingerprint density at radius 1 is 1.20 bits per heavy atom. The SMILES string of the molecule is Cn1cccc1C(=O)N1CCC(c2ccc(C(=O)NC(=N)N)cc2C(F)(F)F)CC1. The molecule has 3 rings (SSSR count). The van der Waals surface area contributed by atoms with Gasteiger partial charge in [0.1, 0.15) is 5.69 Å². The Balaban J connectivity index is 1.79. The Morgan fingerprint density at radius 3 is 2.40 bits per heavy atom. The highest BCUT2D eigenvalue weighted by Gasteiger charge is 2.37. The lowest BCUT2D eigenvalue weighted by Crippen LogP contribution is -2.39. The molecule has 0 aliphatic carbocycles. The average molecular weight is 421 g/mol. The van der Waals surface area contributed by atoms with E-state index >= 15 is 0 Å². The van der Waals surface area contributed by atoms with Crippen LogP contribution in [0.1, 0.15) is 50.7 Å². The molecule has 4 N–H and O–H groups in total. The van der Waals surface area contributed by atoms with Crippen molar-refractivity contribution in [3.8, 4) is 0 Å². The van der Waals surface area contributed by atoms with E-state index in [-0.39, 0.29) is 23.0 Å². The molecule has 0 unspecified atom stereocenters. The fourth-order valence-electron chi connectivity index (χ4n) is 3.73. The Bertz CT molecular complexity index is 975. The molecule has 7 nitrogen and oxygen atoms in total. The minimum absolute atomic E-state index is 0.104. The maximum atomic E-state index is 13.7. The molecule has 2 amide bonds. The molecule has 10 heteroatoms. The molecule has 1 aromatic carbocycles. The van der Waals surface area contributed by atoms with Crippen LogP contribution in [0.5, 0.6) is 0 Å². The summed E-state index contributed by atoms with van der Waals surface area (Å²) < 4.78 is 42.7. The van der Waals surface area contributed by atoms with Crippen LogP contribution >= 0.6 is 0 Å². The molecular formula is C20H22F3N5O2. The predicted molar refractivity (Wildman–Crippen MR) is 104 cm³/mol. The number of carbonyl (C=O) groups is 2. The fraction of sp³-hybridized carbons (Fsp3) is 0.350. The third-order valence-electron chi connectivity index (χ3n) is 5.25. The Labute approximate surface area is 171 Å². The van der Waals surface area contributed by atoms with Crippen LogP contribution in [-0.4, -0.2) is 40.3 Å². The molecule has 0 spiro atoms. The third kappa shape index (κ3) is 4.47. The van der Waals surface area contributed by atoms with Crippen LogP contribution in [0.4, 0.5) is 13.2 Å². The summed E-state index contributed by atoms with van der Waals surface area (Å²) in [6, 6.07) is 6.86. The van der Waals surface area contributed by atoms with Crippen LogP contribution in [0.25, 0.3) is 0 Å². The molecule has 1 aliphatic rings. The van der Waals surface area contributed by atoms with Crippen LogP contribution in [0.3, 0.4) is 0 Å². The number of amides is 2. The van der Waals surface area contributed by atoms with Crippen LogP contribution in [0.15, 0.2) is 36.5 Å². The topological polar surface area (TPSA) is 104 Å². The summed E-state index contributed by atoms with van der Waals surface area (Å²) >= 11 is 0. The first-order valence-electron chi connectivity index (χ1n) is 9.35. The number of hydrogen-bond donors (Lipinski definition) is 3. The number of carbonyl (C=O) groups excluding carboxylic acids is 2. The number of alkyl halides is 3. The molecule has 30 heavy (non-hydrogen) atoms. The van der Waals surface area contributed by atoms with E-state index in [0.29, 0.717) is 31.6 Å². The third-order valence-corrected chi connectivity index (χ3v) is 5.25. The number of aromatic nitrogens is 1. The van der Waals surface area contributed by atoms with Crippen LogP contribution in [0.2, 0.25) is 0 Å². The summed E-state index contributed by atoms with van der Waals surface area (Å²) in [6.07, 6.45) is -2.10. The normalized spacial score (nSPS) is 15.1. The van der Waals surface area contributed by atoms with Crippen molar-refractivity contribution in [3.05, 3.63) is 58.9 Å². The minimum Gasteiger partial charge on any atom is -0.370 e. The van der Waals surface area contributed by atoms with Crippen molar-refractivity contribution in [3.63, 3.8) is 0 Å². The lowest BCUT2D eigenvalue weighted by atomic mass is 9.85. The number of halogens is 3. The average Bonchev–Trinajstić information content (AvgIpc) is 3.12. The summed E-state index contributed by atoms with van der Waals surface area (Å²) in [7, 11) is 1.76. The number of nitrogens with one attached hydrogen (secondary N) is 2. The Morgan fingerprint density at radius 2 is 1.87 bits per heavy atom. The van der Waals surface area contributed by atoms with Gasteiger partial charge < -0.3 is 15.2 Å². The summed E-state index contributed by atoms with van der Waals surface area (Å²) in [6.45, 7) is 0.692. The number of nitrogens with two attached hydrogens (primary N) is 1. The van der Waals surface area contributed by atoms with Gasteiger partial charge >= 0.3 is 6.18 Å². The zero-order valence-corrected chi connectivity index (χ0v) is 16.3. The van der Waals surface area contributed by atoms with Crippen molar-refractivity contribution < 1.29 is 22.8 Å². The molecule has 1 fully saturated rings. The van der Waals surface area contributed by atoms with Gasteiger partial charge in [-0.25, -0.2) is 0 Å². The number of aryl methyl sites for hydroxylation is 1. The highest BCUT2D eigenvalue weighted by atomic mass is 19.4. The van der Waals surface area contributed by atoms with Crippen molar-refractivity contribution in [2.75, 3.05) is 13.1 Å². The maximum Gasteiger partial charge on any atom is 0.416 e. The second-order valence-corrected chi connectivity index (χ2v) is 7.24. The standard InChI is InChI=1S/C20H22F3N5O2/c1-27-8-2-3-16(27)18(30)28-9-6-12(7-10-28)14-5-4-13(17(29)26-19(24)25)11-15(14)20(21,22)23/h2-5,8,11-12H,6-7,9-10H2,1H3,(H4,24,25,26,29). The zero-order valence-electron chi connectivity index (χ0n) is 16.3. The molecule has 1 saturated heterocycles. The second kappa shape index (κ2) is 8.21. The van der Waals surface area contributed by atoms with E-state index in [4.69, 9.17) is 11.1 Å². The molecular weight excluding hydrogens is 399 g/mol. The molecule has 0 bridgehead atoms. The van der Waals surface area contributed by atoms with Crippen molar-refractivity contribution in [2.24, 2.45) is 12.8 Å². The summed E-state index contributed by atoms with van der Waals surface area (Å²) in [5, 5.41) is 9.04. The van der Waals surface area contributed by atoms with Gasteiger partial charge in [0.25, 0.3) is 11.8 Å². The number of guanidine groups is 1. The van der Waals surface area contributed by atoms with Gasteiger partial charge in [0.2, 0.25) is 0 Å². The van der Waals surface area contributed by atoms with E-state index in [1.165, 1.54) is 12.1 Å². The van der Waals surface area contributed by atoms with Crippen LogP contribution < -0.4 is 11.1 Å². The fourth-order valence-corrected chi connectivity index (χ4v) is 3.73. The highest BCUT2D eigenvalue weighted by molar-refractivity contribution is 6.04. The van der Waals surface area contributed by atoms with Gasteiger partial charge in [-0.15, -0.1) is 0 Å². The lowest BCUT2D eigenvalue weighted by Gasteiger charge is -2.33. The Kier molecular flexibility index (Phi) is 5.86. The van der Waals surface area contributed by atoms with E-state index < -0.39 is 23.6 Å².